The fraction of sp³-hybridized carbons (Fsp3) is 0.222. The smallest absolute Gasteiger partial charge is 0.255 e. The van der Waals surface area contributed by atoms with E-state index in [9.17, 15) is 18.0 Å². The SMILES string of the molecule is CCOc1ccccc1/C=N\NC(=O)CN(CCc1ccccc1)S(=O)(=O)c1ccc(NC(C)=O)cc1. The second-order valence-electron chi connectivity index (χ2n) is 8.04. The number of rotatable bonds is 12. The number of nitrogens with zero attached hydrogens (tertiary/aromatic N) is 2. The lowest BCUT2D eigenvalue weighted by atomic mass is 10.1. The molecular weight excluding hydrogens is 492 g/mol. The Bertz CT molecular complexity index is 1330. The number of sulfonamides is 1. The fourth-order valence-corrected chi connectivity index (χ4v) is 4.89. The zero-order valence-corrected chi connectivity index (χ0v) is 21.6. The molecule has 0 saturated carbocycles. The van der Waals surface area contributed by atoms with Gasteiger partial charge in [0.05, 0.1) is 24.3 Å². The van der Waals surface area contributed by atoms with Gasteiger partial charge < -0.3 is 10.1 Å². The van der Waals surface area contributed by atoms with E-state index in [1.807, 2.05) is 49.4 Å². The normalized spacial score (nSPS) is 11.4. The summed E-state index contributed by atoms with van der Waals surface area (Å²) < 4.78 is 33.5. The predicted molar refractivity (Wildman–Crippen MR) is 143 cm³/mol. The minimum absolute atomic E-state index is 0.0107. The van der Waals surface area contributed by atoms with E-state index in [-0.39, 0.29) is 17.3 Å². The van der Waals surface area contributed by atoms with Gasteiger partial charge >= 0.3 is 0 Å². The Morgan fingerprint density at radius 2 is 1.65 bits per heavy atom. The molecule has 0 aliphatic carbocycles. The molecule has 0 heterocycles. The van der Waals surface area contributed by atoms with E-state index in [0.717, 1.165) is 9.87 Å². The van der Waals surface area contributed by atoms with Crippen LogP contribution in [0.2, 0.25) is 0 Å². The first-order chi connectivity index (χ1) is 17.8. The molecule has 0 aliphatic heterocycles. The number of anilines is 1. The molecule has 0 saturated heterocycles. The van der Waals surface area contributed by atoms with Gasteiger partial charge in [0.25, 0.3) is 5.91 Å². The highest BCUT2D eigenvalue weighted by Gasteiger charge is 2.26. The summed E-state index contributed by atoms with van der Waals surface area (Å²) in [6.07, 6.45) is 1.87. The Labute approximate surface area is 217 Å². The zero-order chi connectivity index (χ0) is 26.7. The lowest BCUT2D eigenvalue weighted by Crippen LogP contribution is -2.40. The van der Waals surface area contributed by atoms with E-state index in [1.165, 1.54) is 37.4 Å². The quantitative estimate of drug-likeness (QED) is 0.279. The van der Waals surface area contributed by atoms with E-state index in [0.29, 0.717) is 30.0 Å². The molecule has 3 rings (SSSR count). The number of carbonyl (C=O) groups is 2. The molecule has 0 radical (unpaired) electrons. The number of para-hydroxylation sites is 1. The van der Waals surface area contributed by atoms with Crippen LogP contribution >= 0.6 is 0 Å². The maximum atomic E-state index is 13.4. The van der Waals surface area contributed by atoms with Crippen molar-refractivity contribution in [3.8, 4) is 5.75 Å². The molecule has 0 fully saturated rings. The fourth-order valence-electron chi connectivity index (χ4n) is 3.49. The third-order valence-electron chi connectivity index (χ3n) is 5.24. The third-order valence-corrected chi connectivity index (χ3v) is 7.10. The highest BCUT2D eigenvalue weighted by Crippen LogP contribution is 2.19. The van der Waals surface area contributed by atoms with Crippen LogP contribution in [0, 0.1) is 0 Å². The molecule has 194 valence electrons. The average molecular weight is 523 g/mol. The van der Waals surface area contributed by atoms with Crippen LogP contribution in [-0.4, -0.2) is 50.4 Å². The highest BCUT2D eigenvalue weighted by molar-refractivity contribution is 7.89. The summed E-state index contributed by atoms with van der Waals surface area (Å²) in [6, 6.07) is 22.5. The maximum Gasteiger partial charge on any atom is 0.255 e. The van der Waals surface area contributed by atoms with Crippen molar-refractivity contribution in [2.75, 3.05) is 25.0 Å². The van der Waals surface area contributed by atoms with Crippen LogP contribution in [0.4, 0.5) is 5.69 Å². The number of ether oxygens (including phenoxy) is 1. The summed E-state index contributed by atoms with van der Waals surface area (Å²) in [7, 11) is -4.01. The molecule has 0 atom stereocenters. The summed E-state index contributed by atoms with van der Waals surface area (Å²) >= 11 is 0. The predicted octanol–water partition coefficient (Wildman–Crippen LogP) is 3.43. The number of benzene rings is 3. The molecular formula is C27H30N4O5S. The highest BCUT2D eigenvalue weighted by atomic mass is 32.2. The Morgan fingerprint density at radius 1 is 0.973 bits per heavy atom. The van der Waals surface area contributed by atoms with Gasteiger partial charge in [-0.1, -0.05) is 42.5 Å². The second-order valence-corrected chi connectivity index (χ2v) is 9.98. The van der Waals surface area contributed by atoms with Crippen molar-refractivity contribution in [1.82, 2.24) is 9.73 Å². The molecule has 0 unspecified atom stereocenters. The van der Waals surface area contributed by atoms with Crippen molar-refractivity contribution in [3.63, 3.8) is 0 Å². The Hall–Kier alpha value is -4.02. The van der Waals surface area contributed by atoms with Gasteiger partial charge in [0.2, 0.25) is 15.9 Å². The minimum Gasteiger partial charge on any atom is -0.493 e. The molecule has 10 heteroatoms. The van der Waals surface area contributed by atoms with Crippen LogP contribution in [0.5, 0.6) is 5.75 Å². The van der Waals surface area contributed by atoms with Gasteiger partial charge in [-0.3, -0.25) is 9.59 Å². The standard InChI is InChI=1S/C27H30N4O5S/c1-3-36-26-12-8-7-11-23(26)19-28-30-27(33)20-31(18-17-22-9-5-4-6-10-22)37(34,35)25-15-13-24(14-16-25)29-21(2)32/h4-16,19H,3,17-18,20H2,1-2H3,(H,29,32)(H,30,33)/b28-19-. The number of hydrazone groups is 1. The maximum absolute atomic E-state index is 13.4. The minimum atomic E-state index is -4.01. The number of amides is 2. The van der Waals surface area contributed by atoms with Gasteiger partial charge in [-0.25, -0.2) is 13.8 Å². The summed E-state index contributed by atoms with van der Waals surface area (Å²) in [5.41, 5.74) is 4.50. The van der Waals surface area contributed by atoms with Crippen molar-refractivity contribution in [2.45, 2.75) is 25.2 Å². The van der Waals surface area contributed by atoms with Crippen LogP contribution < -0.4 is 15.5 Å². The van der Waals surface area contributed by atoms with Gasteiger partial charge in [0.1, 0.15) is 5.75 Å². The Morgan fingerprint density at radius 3 is 2.32 bits per heavy atom. The second kappa shape index (κ2) is 13.3. The molecule has 3 aromatic carbocycles. The molecule has 37 heavy (non-hydrogen) atoms. The Balaban J connectivity index is 1.76. The summed E-state index contributed by atoms with van der Waals surface area (Å²) in [6.45, 7) is 3.38. The third kappa shape index (κ3) is 8.26. The number of carbonyl (C=O) groups excluding carboxylic acids is 2. The van der Waals surface area contributed by atoms with Crippen LogP contribution in [0.15, 0.2) is 88.9 Å². The van der Waals surface area contributed by atoms with Crippen molar-refractivity contribution in [2.24, 2.45) is 5.10 Å². The Kier molecular flexibility index (Phi) is 9.93. The number of hydrogen-bond donors (Lipinski definition) is 2. The van der Waals surface area contributed by atoms with E-state index in [2.05, 4.69) is 15.8 Å². The monoisotopic (exact) mass is 522 g/mol. The van der Waals surface area contributed by atoms with E-state index >= 15 is 0 Å². The lowest BCUT2D eigenvalue weighted by molar-refractivity contribution is -0.121. The molecule has 0 bridgehead atoms. The first kappa shape index (κ1) is 27.6. The molecule has 3 aromatic rings. The van der Waals surface area contributed by atoms with E-state index in [1.54, 1.807) is 12.1 Å². The van der Waals surface area contributed by atoms with Crippen LogP contribution in [0.25, 0.3) is 0 Å². The van der Waals surface area contributed by atoms with Crippen molar-refractivity contribution < 1.29 is 22.7 Å². The lowest BCUT2D eigenvalue weighted by Gasteiger charge is -2.21. The largest absolute Gasteiger partial charge is 0.493 e. The van der Waals surface area contributed by atoms with E-state index < -0.39 is 22.5 Å². The van der Waals surface area contributed by atoms with Crippen molar-refractivity contribution in [3.05, 3.63) is 90.0 Å². The van der Waals surface area contributed by atoms with Gasteiger partial charge in [-0.2, -0.15) is 9.41 Å². The zero-order valence-electron chi connectivity index (χ0n) is 20.8. The molecule has 2 amide bonds. The summed E-state index contributed by atoms with van der Waals surface area (Å²) in [5.74, 6) is -0.226. The molecule has 0 aromatic heterocycles. The summed E-state index contributed by atoms with van der Waals surface area (Å²) in [5, 5.41) is 6.59. The topological polar surface area (TPSA) is 117 Å². The summed E-state index contributed by atoms with van der Waals surface area (Å²) in [4.78, 5) is 24.0. The van der Waals surface area contributed by atoms with Gasteiger partial charge in [0.15, 0.2) is 0 Å². The average Bonchev–Trinajstić information content (AvgIpc) is 2.88. The molecule has 9 nitrogen and oxygen atoms in total. The molecule has 0 aliphatic rings. The first-order valence-electron chi connectivity index (χ1n) is 11.7. The number of hydrogen-bond acceptors (Lipinski definition) is 6. The molecule has 0 spiro atoms. The van der Waals surface area contributed by atoms with Crippen molar-refractivity contribution >= 4 is 33.7 Å². The van der Waals surface area contributed by atoms with Crippen LogP contribution in [0.3, 0.4) is 0 Å². The van der Waals surface area contributed by atoms with Crippen molar-refractivity contribution in [1.29, 1.82) is 0 Å². The number of nitrogens with one attached hydrogen (secondary N) is 2. The van der Waals surface area contributed by atoms with Crippen LogP contribution in [-0.2, 0) is 26.0 Å². The van der Waals surface area contributed by atoms with E-state index in [4.69, 9.17) is 4.74 Å². The first-order valence-corrected chi connectivity index (χ1v) is 13.2. The van der Waals surface area contributed by atoms with Crippen LogP contribution in [0.1, 0.15) is 25.0 Å². The molecule has 2 N–H and O–H groups in total. The van der Waals surface area contributed by atoms with Gasteiger partial charge in [0, 0.05) is 24.7 Å². The van der Waals surface area contributed by atoms with Gasteiger partial charge in [-0.15, -0.1) is 0 Å². The van der Waals surface area contributed by atoms with Gasteiger partial charge in [-0.05, 0) is 55.3 Å².